The van der Waals surface area contributed by atoms with Crippen LogP contribution in [0.15, 0.2) is 23.4 Å². The number of nitrogens with zero attached hydrogens (tertiary/aromatic N) is 5. The van der Waals surface area contributed by atoms with Crippen molar-refractivity contribution in [3.63, 3.8) is 0 Å². The van der Waals surface area contributed by atoms with Gasteiger partial charge in [-0.05, 0) is 0 Å². The van der Waals surface area contributed by atoms with Crippen molar-refractivity contribution in [3.8, 4) is 0 Å². The van der Waals surface area contributed by atoms with E-state index in [-0.39, 0.29) is 0 Å². The van der Waals surface area contributed by atoms with E-state index in [0.717, 1.165) is 18.9 Å². The van der Waals surface area contributed by atoms with Gasteiger partial charge in [-0.15, -0.1) is 0 Å². The average Bonchev–Trinajstić information content (AvgIpc) is 2.86. The van der Waals surface area contributed by atoms with Gasteiger partial charge in [0.05, 0.1) is 0 Å². The molecule has 0 saturated carbocycles. The molecule has 1 saturated heterocycles. The van der Waals surface area contributed by atoms with Crippen molar-refractivity contribution in [1.82, 2.24) is 14.8 Å². The minimum absolute atomic E-state index is 0.422. The van der Waals surface area contributed by atoms with Crippen LogP contribution in [-0.2, 0) is 0 Å². The molecule has 0 N–H and O–H groups in total. The fraction of sp³-hybridized carbons (Fsp3) is 0.688. The standard InChI is InChI=1S/C13H19N5.3CH3.Sn/c1-16-5-7-17(8-6-16)9-10-18-13-12(11-15-18)3-2-4-14-13;;;;/h2-4,11H,5-10H2,1H3;3*1H3;/q+1;;;;. The number of hydrogen-bond donors (Lipinski definition) is 0. The van der Waals surface area contributed by atoms with Gasteiger partial charge in [0.25, 0.3) is 0 Å². The predicted molar refractivity (Wildman–Crippen MR) is 91.5 cm³/mol. The van der Waals surface area contributed by atoms with Crippen LogP contribution in [0.5, 0.6) is 0 Å². The Kier molecular flexibility index (Phi) is 4.85. The number of aromatic nitrogens is 1. The monoisotopic (exact) mass is 410 g/mol. The van der Waals surface area contributed by atoms with E-state index < -0.39 is 18.4 Å². The molecule has 6 heteroatoms. The van der Waals surface area contributed by atoms with Crippen LogP contribution in [-0.4, -0.2) is 84.2 Å². The van der Waals surface area contributed by atoms with Crippen LogP contribution in [0.3, 0.4) is 0 Å². The van der Waals surface area contributed by atoms with Crippen LogP contribution in [0.4, 0.5) is 5.82 Å². The molecule has 1 unspecified atom stereocenters. The summed E-state index contributed by atoms with van der Waals surface area (Å²) in [6, 6.07) is 4.29. The molecule has 0 bridgehead atoms. The second-order valence-corrected chi connectivity index (χ2v) is 22.6. The maximum absolute atomic E-state index is 5.05. The van der Waals surface area contributed by atoms with Gasteiger partial charge < -0.3 is 0 Å². The van der Waals surface area contributed by atoms with Gasteiger partial charge >= 0.3 is 138 Å². The van der Waals surface area contributed by atoms with Crippen molar-refractivity contribution in [2.45, 2.75) is 18.9 Å². The molecule has 1 aromatic rings. The molecular formula is C16H28N5Sn+. The summed E-state index contributed by atoms with van der Waals surface area (Å²) in [5.41, 5.74) is 1.36. The van der Waals surface area contributed by atoms with Crippen LogP contribution in [0.25, 0.3) is 0 Å². The molecule has 0 spiro atoms. The number of azo groups is 2. The Bertz CT molecular complexity index is 558. The normalized spacial score (nSPS) is 23.5. The van der Waals surface area contributed by atoms with E-state index in [1.54, 1.807) is 0 Å². The van der Waals surface area contributed by atoms with Gasteiger partial charge in [-0.3, -0.25) is 0 Å². The van der Waals surface area contributed by atoms with E-state index in [1.165, 1.54) is 31.7 Å². The molecule has 3 rings (SSSR count). The number of likely N-dealkylation sites (N-methyl/N-ethyl adjacent to an activating group) is 1. The summed E-state index contributed by atoms with van der Waals surface area (Å²) in [5, 5.41) is 5.05. The Hall–Kier alpha value is -0.531. The second kappa shape index (κ2) is 6.53. The molecule has 0 aromatic carbocycles. The zero-order chi connectivity index (χ0) is 15.7. The molecule has 5 nitrogen and oxygen atoms in total. The van der Waals surface area contributed by atoms with Crippen molar-refractivity contribution in [2.75, 3.05) is 46.3 Å². The van der Waals surface area contributed by atoms with Crippen LogP contribution in [0.2, 0.25) is 14.8 Å². The van der Waals surface area contributed by atoms with Gasteiger partial charge in [0.15, 0.2) is 0 Å². The number of fused-ring (bicyclic) bond motifs is 1. The summed E-state index contributed by atoms with van der Waals surface area (Å²) in [5.74, 6) is 1.10. The number of hydrogen-bond acceptors (Lipinski definition) is 4. The molecule has 3 heterocycles. The Labute approximate surface area is 137 Å². The van der Waals surface area contributed by atoms with Crippen molar-refractivity contribution in [1.29, 1.82) is 0 Å². The van der Waals surface area contributed by atoms with Crippen LogP contribution in [0, 0.1) is 0 Å². The molecule has 2 aliphatic rings. The summed E-state index contributed by atoms with van der Waals surface area (Å²) < 4.78 is 2.60. The molecule has 22 heavy (non-hydrogen) atoms. The van der Waals surface area contributed by atoms with Crippen molar-refractivity contribution in [3.05, 3.63) is 23.9 Å². The SMILES string of the molecule is CN1CCN(CC[N+]2=N[CH]([Sn]([CH3])([CH3])[CH3])c3cccnc32)CC1. The van der Waals surface area contributed by atoms with Gasteiger partial charge in [0, 0.05) is 0 Å². The van der Waals surface area contributed by atoms with Gasteiger partial charge in [-0.1, -0.05) is 0 Å². The third-order valence-electron chi connectivity index (χ3n) is 4.66. The van der Waals surface area contributed by atoms with Crippen LogP contribution in [0.1, 0.15) is 9.62 Å². The number of pyridine rings is 1. The van der Waals surface area contributed by atoms with Gasteiger partial charge in [0.1, 0.15) is 0 Å². The van der Waals surface area contributed by atoms with Gasteiger partial charge in [-0.2, -0.15) is 0 Å². The maximum atomic E-state index is 5.05. The van der Waals surface area contributed by atoms with E-state index in [4.69, 9.17) is 5.11 Å². The van der Waals surface area contributed by atoms with E-state index in [2.05, 4.69) is 53.5 Å². The number of rotatable bonds is 4. The third kappa shape index (κ3) is 3.51. The first-order valence-electron chi connectivity index (χ1n) is 8.29. The Morgan fingerprint density at radius 2 is 1.95 bits per heavy atom. The van der Waals surface area contributed by atoms with E-state index in [9.17, 15) is 0 Å². The van der Waals surface area contributed by atoms with Crippen molar-refractivity contribution >= 4 is 24.2 Å². The van der Waals surface area contributed by atoms with Gasteiger partial charge in [-0.25, -0.2) is 0 Å². The quantitative estimate of drug-likeness (QED) is 0.566. The molecule has 0 aliphatic carbocycles. The zero-order valence-corrected chi connectivity index (χ0v) is 17.1. The molecule has 0 radical (unpaired) electrons. The topological polar surface area (TPSA) is 34.7 Å². The first kappa shape index (κ1) is 16.3. The number of piperazine rings is 1. The molecule has 1 fully saturated rings. The molecular weight excluding hydrogens is 381 g/mol. The first-order chi connectivity index (χ1) is 10.4. The summed E-state index contributed by atoms with van der Waals surface area (Å²) in [4.78, 5) is 17.0. The molecule has 120 valence electrons. The zero-order valence-electron chi connectivity index (χ0n) is 14.3. The molecule has 1 atom stereocenters. The minimum atomic E-state index is -2.13. The first-order valence-corrected chi connectivity index (χ1v) is 18.5. The Balaban J connectivity index is 1.71. The van der Waals surface area contributed by atoms with E-state index in [0.29, 0.717) is 4.06 Å². The summed E-state index contributed by atoms with van der Waals surface area (Å²) in [6.45, 7) is 6.73. The van der Waals surface area contributed by atoms with E-state index >= 15 is 0 Å². The predicted octanol–water partition coefficient (Wildman–Crippen LogP) is 2.36. The molecule has 0 amide bonds. The van der Waals surface area contributed by atoms with E-state index in [1.807, 2.05) is 6.20 Å². The van der Waals surface area contributed by atoms with Crippen LogP contribution < -0.4 is 0 Å². The van der Waals surface area contributed by atoms with Crippen LogP contribution >= 0.6 is 0 Å². The second-order valence-electron chi connectivity index (χ2n) is 7.57. The van der Waals surface area contributed by atoms with Gasteiger partial charge in [0.2, 0.25) is 0 Å². The molecule has 1 aromatic heterocycles. The third-order valence-corrected chi connectivity index (χ3v) is 10.6. The summed E-state index contributed by atoms with van der Waals surface area (Å²) in [7, 11) is 2.20. The fourth-order valence-electron chi connectivity index (χ4n) is 3.21. The Morgan fingerprint density at radius 1 is 1.23 bits per heavy atom. The Morgan fingerprint density at radius 3 is 2.64 bits per heavy atom. The fourth-order valence-corrected chi connectivity index (χ4v) is 7.90. The summed E-state index contributed by atoms with van der Waals surface area (Å²) in [6.07, 6.45) is 1.90. The van der Waals surface area contributed by atoms with Crippen molar-refractivity contribution in [2.24, 2.45) is 5.11 Å². The summed E-state index contributed by atoms with van der Waals surface area (Å²) >= 11 is -2.13. The van der Waals surface area contributed by atoms with Crippen molar-refractivity contribution < 1.29 is 4.70 Å². The molecule has 2 aliphatic heterocycles. The average molecular weight is 409 g/mol.